The van der Waals surface area contributed by atoms with E-state index in [0.717, 1.165) is 31.3 Å². The fourth-order valence-corrected chi connectivity index (χ4v) is 2.35. The lowest BCUT2D eigenvalue weighted by atomic mass is 9.91. The standard InChI is InChI=1S/C15H27N3/c1-5-13-9-15(18(4)17-13)8-12(11(2)3)10-16-14-6-7-14/h9,11-12,14,16H,5-8,10H2,1-4H3. The Balaban J connectivity index is 1.95. The van der Waals surface area contributed by atoms with Crippen molar-refractivity contribution in [3.63, 3.8) is 0 Å². The normalized spacial score (nSPS) is 17.4. The fraction of sp³-hybridized carbons (Fsp3) is 0.800. The van der Waals surface area contributed by atoms with Gasteiger partial charge in [0.1, 0.15) is 0 Å². The summed E-state index contributed by atoms with van der Waals surface area (Å²) in [5.41, 5.74) is 2.59. The van der Waals surface area contributed by atoms with E-state index >= 15 is 0 Å². The predicted octanol–water partition coefficient (Wildman–Crippen LogP) is 2.55. The van der Waals surface area contributed by atoms with E-state index < -0.39 is 0 Å². The summed E-state index contributed by atoms with van der Waals surface area (Å²) in [5.74, 6) is 1.43. The first kappa shape index (κ1) is 13.6. The van der Waals surface area contributed by atoms with Crippen LogP contribution in [-0.4, -0.2) is 22.4 Å². The summed E-state index contributed by atoms with van der Waals surface area (Å²) < 4.78 is 2.06. The minimum absolute atomic E-state index is 0.714. The largest absolute Gasteiger partial charge is 0.314 e. The van der Waals surface area contributed by atoms with E-state index in [0.29, 0.717) is 5.92 Å². The molecule has 102 valence electrons. The summed E-state index contributed by atoms with van der Waals surface area (Å²) in [6.45, 7) is 7.97. The molecule has 1 N–H and O–H groups in total. The minimum atomic E-state index is 0.714. The van der Waals surface area contributed by atoms with E-state index in [4.69, 9.17) is 0 Å². The van der Waals surface area contributed by atoms with E-state index in [1.807, 2.05) is 0 Å². The lowest BCUT2D eigenvalue weighted by Crippen LogP contribution is -2.29. The van der Waals surface area contributed by atoms with Gasteiger partial charge in [0.25, 0.3) is 0 Å². The van der Waals surface area contributed by atoms with Gasteiger partial charge in [-0.15, -0.1) is 0 Å². The van der Waals surface area contributed by atoms with Crippen LogP contribution >= 0.6 is 0 Å². The first-order valence-electron chi connectivity index (χ1n) is 7.35. The van der Waals surface area contributed by atoms with Crippen LogP contribution in [0.1, 0.15) is 45.0 Å². The Bertz CT molecular complexity index is 377. The third-order valence-corrected chi connectivity index (χ3v) is 4.05. The zero-order valence-corrected chi connectivity index (χ0v) is 12.2. The first-order valence-corrected chi connectivity index (χ1v) is 7.35. The summed E-state index contributed by atoms with van der Waals surface area (Å²) in [7, 11) is 2.07. The molecule has 0 bridgehead atoms. The Morgan fingerprint density at radius 3 is 2.67 bits per heavy atom. The number of hydrogen-bond donors (Lipinski definition) is 1. The smallest absolute Gasteiger partial charge is 0.0624 e. The van der Waals surface area contributed by atoms with Crippen molar-refractivity contribution in [1.29, 1.82) is 0 Å². The van der Waals surface area contributed by atoms with Gasteiger partial charge in [-0.1, -0.05) is 20.8 Å². The molecular weight excluding hydrogens is 222 g/mol. The number of hydrogen-bond acceptors (Lipinski definition) is 2. The van der Waals surface area contributed by atoms with Crippen LogP contribution in [0.5, 0.6) is 0 Å². The van der Waals surface area contributed by atoms with E-state index in [2.05, 4.69) is 49.0 Å². The lowest BCUT2D eigenvalue weighted by Gasteiger charge is -2.21. The molecular formula is C15H27N3. The number of aryl methyl sites for hydroxylation is 2. The maximum Gasteiger partial charge on any atom is 0.0624 e. The average molecular weight is 249 g/mol. The number of nitrogens with zero attached hydrogens (tertiary/aromatic N) is 2. The van der Waals surface area contributed by atoms with Crippen molar-refractivity contribution in [2.24, 2.45) is 18.9 Å². The van der Waals surface area contributed by atoms with Crippen LogP contribution in [0.25, 0.3) is 0 Å². The summed E-state index contributed by atoms with van der Waals surface area (Å²) in [4.78, 5) is 0. The van der Waals surface area contributed by atoms with Gasteiger partial charge in [-0.3, -0.25) is 4.68 Å². The van der Waals surface area contributed by atoms with E-state index in [1.54, 1.807) is 0 Å². The molecule has 0 radical (unpaired) electrons. The first-order chi connectivity index (χ1) is 8.60. The number of rotatable bonds is 7. The molecule has 1 aromatic rings. The van der Waals surface area contributed by atoms with Crippen molar-refractivity contribution in [3.05, 3.63) is 17.5 Å². The van der Waals surface area contributed by atoms with Gasteiger partial charge in [0.15, 0.2) is 0 Å². The highest BCUT2D eigenvalue weighted by Gasteiger charge is 2.23. The van der Waals surface area contributed by atoms with Gasteiger partial charge in [0.2, 0.25) is 0 Å². The molecule has 0 amide bonds. The summed E-state index contributed by atoms with van der Waals surface area (Å²) in [6, 6.07) is 3.08. The molecule has 3 heteroatoms. The molecule has 0 aromatic carbocycles. The zero-order valence-electron chi connectivity index (χ0n) is 12.2. The summed E-state index contributed by atoms with van der Waals surface area (Å²) in [5, 5.41) is 8.21. The highest BCUT2D eigenvalue weighted by Crippen LogP contribution is 2.22. The molecule has 1 unspecified atom stereocenters. The summed E-state index contributed by atoms with van der Waals surface area (Å²) in [6.07, 6.45) is 4.91. The highest BCUT2D eigenvalue weighted by atomic mass is 15.3. The van der Waals surface area contributed by atoms with Crippen molar-refractivity contribution in [3.8, 4) is 0 Å². The van der Waals surface area contributed by atoms with Crippen LogP contribution in [0.4, 0.5) is 0 Å². The van der Waals surface area contributed by atoms with Crippen LogP contribution in [0.2, 0.25) is 0 Å². The SMILES string of the molecule is CCc1cc(CC(CNC2CC2)C(C)C)n(C)n1. The van der Waals surface area contributed by atoms with Gasteiger partial charge in [0.05, 0.1) is 5.69 Å². The van der Waals surface area contributed by atoms with Gasteiger partial charge in [-0.25, -0.2) is 0 Å². The predicted molar refractivity (Wildman–Crippen MR) is 75.6 cm³/mol. The fourth-order valence-electron chi connectivity index (χ4n) is 2.35. The lowest BCUT2D eigenvalue weighted by molar-refractivity contribution is 0.352. The number of nitrogens with one attached hydrogen (secondary N) is 1. The third kappa shape index (κ3) is 3.58. The Kier molecular flexibility index (Phi) is 4.44. The third-order valence-electron chi connectivity index (χ3n) is 4.05. The second-order valence-electron chi connectivity index (χ2n) is 5.99. The topological polar surface area (TPSA) is 29.9 Å². The monoisotopic (exact) mass is 249 g/mol. The molecule has 1 fully saturated rings. The minimum Gasteiger partial charge on any atom is -0.314 e. The van der Waals surface area contributed by atoms with E-state index in [1.165, 1.54) is 24.2 Å². The molecule has 1 heterocycles. The van der Waals surface area contributed by atoms with E-state index in [-0.39, 0.29) is 0 Å². The van der Waals surface area contributed by atoms with Crippen molar-refractivity contribution in [2.75, 3.05) is 6.54 Å². The average Bonchev–Trinajstić information content (AvgIpc) is 3.08. The van der Waals surface area contributed by atoms with Crippen molar-refractivity contribution in [2.45, 2.75) is 52.5 Å². The maximum atomic E-state index is 4.55. The molecule has 1 aliphatic rings. The van der Waals surface area contributed by atoms with Crippen LogP contribution < -0.4 is 5.32 Å². The molecule has 1 aromatic heterocycles. The zero-order chi connectivity index (χ0) is 13.1. The maximum absolute atomic E-state index is 4.55. The Morgan fingerprint density at radius 1 is 1.44 bits per heavy atom. The van der Waals surface area contributed by atoms with Crippen LogP contribution in [0.3, 0.4) is 0 Å². The highest BCUT2D eigenvalue weighted by molar-refractivity contribution is 5.11. The van der Waals surface area contributed by atoms with Crippen molar-refractivity contribution >= 4 is 0 Å². The van der Waals surface area contributed by atoms with Gasteiger partial charge in [0, 0.05) is 18.8 Å². The number of aromatic nitrogens is 2. The van der Waals surface area contributed by atoms with Gasteiger partial charge in [-0.2, -0.15) is 5.10 Å². The van der Waals surface area contributed by atoms with Gasteiger partial charge >= 0.3 is 0 Å². The molecule has 1 atom stereocenters. The molecule has 0 spiro atoms. The molecule has 18 heavy (non-hydrogen) atoms. The molecule has 2 rings (SSSR count). The molecule has 1 aliphatic carbocycles. The van der Waals surface area contributed by atoms with Crippen LogP contribution in [-0.2, 0) is 19.9 Å². The van der Waals surface area contributed by atoms with Crippen LogP contribution in [0.15, 0.2) is 6.07 Å². The Hall–Kier alpha value is -0.830. The Morgan fingerprint density at radius 2 is 2.17 bits per heavy atom. The summed E-state index contributed by atoms with van der Waals surface area (Å²) >= 11 is 0. The quantitative estimate of drug-likeness (QED) is 0.805. The van der Waals surface area contributed by atoms with Crippen molar-refractivity contribution < 1.29 is 0 Å². The Labute approximate surface area is 111 Å². The second-order valence-corrected chi connectivity index (χ2v) is 5.99. The van der Waals surface area contributed by atoms with Crippen molar-refractivity contribution in [1.82, 2.24) is 15.1 Å². The molecule has 3 nitrogen and oxygen atoms in total. The van der Waals surface area contributed by atoms with E-state index in [9.17, 15) is 0 Å². The molecule has 0 saturated heterocycles. The molecule has 1 saturated carbocycles. The van der Waals surface area contributed by atoms with Crippen LogP contribution in [0, 0.1) is 11.8 Å². The molecule has 0 aliphatic heterocycles. The van der Waals surface area contributed by atoms with Gasteiger partial charge < -0.3 is 5.32 Å². The van der Waals surface area contributed by atoms with Gasteiger partial charge in [-0.05, 0) is 50.1 Å². The second kappa shape index (κ2) is 5.87.